The number of carbonyl (C=O) groups is 2. The van der Waals surface area contributed by atoms with Gasteiger partial charge >= 0.3 is 6.03 Å². The minimum Gasteiger partial charge on any atom is -0.381 e. The van der Waals surface area contributed by atoms with Crippen LogP contribution in [0.25, 0.3) is 10.9 Å². The van der Waals surface area contributed by atoms with Crippen LogP contribution in [-0.4, -0.2) is 65.3 Å². The number of methoxy groups -OCH3 is 1. The second-order valence-electron chi connectivity index (χ2n) is 11.2. The van der Waals surface area contributed by atoms with E-state index in [-0.39, 0.29) is 11.9 Å². The lowest BCUT2D eigenvalue weighted by atomic mass is 9.98. The van der Waals surface area contributed by atoms with Gasteiger partial charge in [0, 0.05) is 80.1 Å². The summed E-state index contributed by atoms with van der Waals surface area (Å²) in [6.07, 6.45) is 8.55. The van der Waals surface area contributed by atoms with E-state index in [0.717, 1.165) is 41.7 Å². The van der Waals surface area contributed by atoms with Crippen LogP contribution in [0.15, 0.2) is 73.1 Å². The number of carbonyl (C=O) groups excluding carboxylic acids is 2. The number of pyridine rings is 1. The Morgan fingerprint density at radius 2 is 1.74 bits per heavy atom. The monoisotopic (exact) mass is 566 g/mol. The molecule has 2 N–H and O–H groups in total. The van der Waals surface area contributed by atoms with E-state index in [1.165, 1.54) is 18.4 Å². The Hall–Kier alpha value is -4.21. The number of ether oxygens (including phenoxy) is 1. The van der Waals surface area contributed by atoms with Crippen LogP contribution in [-0.2, 0) is 11.3 Å². The number of aromatic nitrogens is 2. The number of nitrogens with zero attached hydrogens (tertiary/aromatic N) is 4. The van der Waals surface area contributed by atoms with Gasteiger partial charge in [-0.1, -0.05) is 12.1 Å². The number of benzene rings is 2. The third-order valence-corrected chi connectivity index (χ3v) is 8.79. The molecule has 2 aromatic carbocycles. The quantitative estimate of drug-likeness (QED) is 0.281. The van der Waals surface area contributed by atoms with Gasteiger partial charge in [0.2, 0.25) is 0 Å². The maximum absolute atomic E-state index is 13.1. The molecule has 0 aliphatic carbocycles. The van der Waals surface area contributed by atoms with E-state index < -0.39 is 0 Å². The van der Waals surface area contributed by atoms with E-state index in [4.69, 9.17) is 4.74 Å². The summed E-state index contributed by atoms with van der Waals surface area (Å²) in [6, 6.07) is 20.7. The summed E-state index contributed by atoms with van der Waals surface area (Å²) >= 11 is 0. The second-order valence-corrected chi connectivity index (χ2v) is 11.2. The smallest absolute Gasteiger partial charge is 0.325 e. The SMILES string of the molecule is CCN(c1ccnc(NC(=O)c2ccc(CN3C4CC[C@@H]3CC(OC)C4)cc2)c1)c1ccc2c(ccn2C(=O)NC)c1. The van der Waals surface area contributed by atoms with Crippen molar-refractivity contribution in [1.29, 1.82) is 0 Å². The van der Waals surface area contributed by atoms with Crippen LogP contribution in [0.3, 0.4) is 0 Å². The van der Waals surface area contributed by atoms with Gasteiger partial charge in [0.05, 0.1) is 11.6 Å². The van der Waals surface area contributed by atoms with Gasteiger partial charge in [-0.15, -0.1) is 0 Å². The molecule has 42 heavy (non-hydrogen) atoms. The molecule has 218 valence electrons. The highest BCUT2D eigenvalue weighted by atomic mass is 16.5. The second kappa shape index (κ2) is 12.0. The Balaban J connectivity index is 1.13. The first-order chi connectivity index (χ1) is 20.5. The molecule has 0 radical (unpaired) electrons. The molecule has 9 nitrogen and oxygen atoms in total. The molecule has 0 spiro atoms. The van der Waals surface area contributed by atoms with E-state index in [2.05, 4.69) is 50.5 Å². The molecule has 4 aromatic rings. The number of anilines is 3. The largest absolute Gasteiger partial charge is 0.381 e. The lowest BCUT2D eigenvalue weighted by Crippen LogP contribution is -2.44. The summed E-state index contributed by atoms with van der Waals surface area (Å²) in [7, 11) is 3.44. The molecule has 3 atom stereocenters. The zero-order valence-electron chi connectivity index (χ0n) is 24.4. The zero-order valence-corrected chi connectivity index (χ0v) is 24.4. The Kier molecular flexibility index (Phi) is 7.95. The average Bonchev–Trinajstić information content (AvgIpc) is 3.53. The highest BCUT2D eigenvalue weighted by Gasteiger charge is 2.40. The fourth-order valence-electron chi connectivity index (χ4n) is 6.60. The molecule has 2 saturated heterocycles. The molecule has 6 rings (SSSR count). The van der Waals surface area contributed by atoms with Crippen LogP contribution in [0.4, 0.5) is 22.0 Å². The molecule has 2 aromatic heterocycles. The minimum atomic E-state index is -0.188. The van der Waals surface area contributed by atoms with Crippen molar-refractivity contribution in [1.82, 2.24) is 19.8 Å². The fraction of sp³-hybridized carbons (Fsp3) is 0.364. The van der Waals surface area contributed by atoms with Crippen molar-refractivity contribution in [2.75, 3.05) is 30.9 Å². The Morgan fingerprint density at radius 3 is 2.43 bits per heavy atom. The molecule has 2 bridgehead atoms. The van der Waals surface area contributed by atoms with Gasteiger partial charge < -0.3 is 20.3 Å². The minimum absolute atomic E-state index is 0.177. The van der Waals surface area contributed by atoms with Gasteiger partial charge in [0.1, 0.15) is 5.82 Å². The summed E-state index contributed by atoms with van der Waals surface area (Å²) in [5, 5.41) is 6.60. The van der Waals surface area contributed by atoms with Gasteiger partial charge in [-0.3, -0.25) is 14.3 Å². The molecule has 2 unspecified atom stereocenters. The first-order valence-corrected chi connectivity index (χ1v) is 14.7. The predicted molar refractivity (Wildman–Crippen MR) is 165 cm³/mol. The molecule has 4 heterocycles. The number of piperidine rings is 1. The molecule has 2 amide bonds. The third kappa shape index (κ3) is 5.49. The topological polar surface area (TPSA) is 91.7 Å². The highest BCUT2D eigenvalue weighted by molar-refractivity contribution is 6.04. The third-order valence-electron chi connectivity index (χ3n) is 8.79. The summed E-state index contributed by atoms with van der Waals surface area (Å²) in [5.74, 6) is 0.302. The molecule has 0 saturated carbocycles. The van der Waals surface area contributed by atoms with Gasteiger partial charge in [-0.25, -0.2) is 9.78 Å². The van der Waals surface area contributed by atoms with Gasteiger partial charge in [0.25, 0.3) is 5.91 Å². The number of hydrogen-bond donors (Lipinski definition) is 2. The molecular formula is C33H38N6O3. The summed E-state index contributed by atoms with van der Waals surface area (Å²) < 4.78 is 7.24. The van der Waals surface area contributed by atoms with Crippen molar-refractivity contribution < 1.29 is 14.3 Å². The van der Waals surface area contributed by atoms with E-state index in [1.54, 1.807) is 24.0 Å². The van der Waals surface area contributed by atoms with E-state index in [9.17, 15) is 9.59 Å². The molecular weight excluding hydrogens is 528 g/mol. The first-order valence-electron chi connectivity index (χ1n) is 14.7. The Morgan fingerprint density at radius 1 is 1.00 bits per heavy atom. The highest BCUT2D eigenvalue weighted by Crippen LogP contribution is 2.38. The maximum atomic E-state index is 13.1. The van der Waals surface area contributed by atoms with Crippen molar-refractivity contribution in [3.8, 4) is 0 Å². The number of nitrogens with one attached hydrogen (secondary N) is 2. The number of fused-ring (bicyclic) bond motifs is 3. The van der Waals surface area contributed by atoms with Crippen molar-refractivity contribution in [3.05, 3.63) is 84.2 Å². The van der Waals surface area contributed by atoms with Gasteiger partial charge in [-0.2, -0.15) is 0 Å². The maximum Gasteiger partial charge on any atom is 0.325 e. The van der Waals surface area contributed by atoms with Gasteiger partial charge in [0.15, 0.2) is 0 Å². The standard InChI is InChI=1S/C33H38N6O3/c1-4-37(25-11-12-30-24(17-25)14-16-38(30)33(41)34-2)28-13-15-35-31(20-28)36-32(40)23-7-5-22(6-8-23)21-39-26-9-10-27(39)19-29(18-26)42-3/h5-8,11-17,20,26-27,29H,4,9-10,18-19,21H2,1-3H3,(H,34,41)(H,35,36,40)/t26-,27?,29?/m1/s1. The number of amides is 2. The van der Waals surface area contributed by atoms with E-state index in [1.807, 2.05) is 49.6 Å². The van der Waals surface area contributed by atoms with Crippen LogP contribution in [0, 0.1) is 0 Å². The summed E-state index contributed by atoms with van der Waals surface area (Å²) in [4.78, 5) is 34.4. The van der Waals surface area contributed by atoms with Crippen molar-refractivity contribution in [2.24, 2.45) is 0 Å². The summed E-state index contributed by atoms with van der Waals surface area (Å²) in [6.45, 7) is 3.70. The molecule has 2 aliphatic rings. The Labute approximate surface area is 246 Å². The van der Waals surface area contributed by atoms with Crippen LogP contribution in [0.1, 0.15) is 48.5 Å². The normalized spacial score (nSPS) is 20.0. The number of rotatable bonds is 8. The molecule has 2 aliphatic heterocycles. The van der Waals surface area contributed by atoms with Gasteiger partial charge in [-0.05, 0) is 80.6 Å². The lowest BCUT2D eigenvalue weighted by molar-refractivity contribution is 0.00251. The van der Waals surface area contributed by atoms with Crippen molar-refractivity contribution >= 4 is 40.0 Å². The zero-order chi connectivity index (χ0) is 29.2. The van der Waals surface area contributed by atoms with Crippen LogP contribution < -0.4 is 15.5 Å². The van der Waals surface area contributed by atoms with Crippen molar-refractivity contribution in [3.63, 3.8) is 0 Å². The molecule has 9 heteroatoms. The lowest BCUT2D eigenvalue weighted by Gasteiger charge is -2.38. The average molecular weight is 567 g/mol. The fourth-order valence-corrected chi connectivity index (χ4v) is 6.60. The summed E-state index contributed by atoms with van der Waals surface area (Å²) in [5.41, 5.74) is 4.56. The number of hydrogen-bond acceptors (Lipinski definition) is 6. The van der Waals surface area contributed by atoms with E-state index >= 15 is 0 Å². The Bertz CT molecular complexity index is 1570. The predicted octanol–water partition coefficient (Wildman–Crippen LogP) is 5.78. The van der Waals surface area contributed by atoms with Crippen molar-refractivity contribution in [2.45, 2.75) is 57.3 Å². The van der Waals surface area contributed by atoms with Crippen LogP contribution in [0.5, 0.6) is 0 Å². The van der Waals surface area contributed by atoms with Crippen LogP contribution >= 0.6 is 0 Å². The first kappa shape index (κ1) is 27.9. The van der Waals surface area contributed by atoms with Crippen LogP contribution in [0.2, 0.25) is 0 Å². The van der Waals surface area contributed by atoms with E-state index in [0.29, 0.717) is 36.1 Å². The molecule has 2 fully saturated rings.